The molecule has 2 aromatic rings. The Kier molecular flexibility index (Phi) is 2.91. The number of anilines is 1. The molecule has 1 atom stereocenters. The van der Waals surface area contributed by atoms with E-state index in [9.17, 15) is 0 Å². The van der Waals surface area contributed by atoms with Gasteiger partial charge in [0.15, 0.2) is 11.5 Å². The van der Waals surface area contributed by atoms with Gasteiger partial charge in [0.2, 0.25) is 6.79 Å². The Bertz CT molecular complexity index is 613. The van der Waals surface area contributed by atoms with Gasteiger partial charge in [-0.15, -0.1) is 0 Å². The third-order valence-electron chi connectivity index (χ3n) is 3.16. The Morgan fingerprint density at radius 3 is 2.84 bits per heavy atom. The third-order valence-corrected chi connectivity index (χ3v) is 3.16. The SMILES string of the molecule is CC(N)CN(C)c1nccc2cc3c(cc12)OCO3. The normalized spacial score (nSPS) is 14.7. The van der Waals surface area contributed by atoms with Crippen LogP contribution >= 0.6 is 0 Å². The van der Waals surface area contributed by atoms with Gasteiger partial charge < -0.3 is 20.1 Å². The fourth-order valence-electron chi connectivity index (χ4n) is 2.37. The summed E-state index contributed by atoms with van der Waals surface area (Å²) in [5.74, 6) is 2.48. The van der Waals surface area contributed by atoms with Crippen molar-refractivity contribution < 1.29 is 9.47 Å². The predicted molar refractivity (Wildman–Crippen MR) is 74.8 cm³/mol. The van der Waals surface area contributed by atoms with Crippen molar-refractivity contribution >= 4 is 16.6 Å². The van der Waals surface area contributed by atoms with E-state index in [1.54, 1.807) is 6.20 Å². The van der Waals surface area contributed by atoms with Crippen LogP contribution in [0.4, 0.5) is 5.82 Å². The molecule has 0 aliphatic carbocycles. The second kappa shape index (κ2) is 4.59. The highest BCUT2D eigenvalue weighted by Crippen LogP contribution is 2.38. The minimum Gasteiger partial charge on any atom is -0.454 e. The van der Waals surface area contributed by atoms with Crippen LogP contribution in [0.3, 0.4) is 0 Å². The number of nitrogens with zero attached hydrogens (tertiary/aromatic N) is 2. The fraction of sp³-hybridized carbons (Fsp3) is 0.357. The summed E-state index contributed by atoms with van der Waals surface area (Å²) in [5, 5.41) is 2.14. The summed E-state index contributed by atoms with van der Waals surface area (Å²) in [6, 6.07) is 6.04. The molecule has 0 fully saturated rings. The number of hydrogen-bond acceptors (Lipinski definition) is 5. The summed E-state index contributed by atoms with van der Waals surface area (Å²) in [5.41, 5.74) is 5.85. The largest absolute Gasteiger partial charge is 0.454 e. The van der Waals surface area contributed by atoms with Gasteiger partial charge in [0, 0.05) is 31.2 Å². The molecule has 0 saturated heterocycles. The van der Waals surface area contributed by atoms with E-state index in [4.69, 9.17) is 15.2 Å². The molecule has 1 unspecified atom stereocenters. The van der Waals surface area contributed by atoms with Gasteiger partial charge in [0.25, 0.3) is 0 Å². The Hall–Kier alpha value is -2.01. The smallest absolute Gasteiger partial charge is 0.231 e. The number of likely N-dealkylation sites (N-methyl/N-ethyl adjacent to an activating group) is 1. The molecule has 2 heterocycles. The fourth-order valence-corrected chi connectivity index (χ4v) is 2.37. The van der Waals surface area contributed by atoms with Crippen LogP contribution in [0, 0.1) is 0 Å². The van der Waals surface area contributed by atoms with E-state index in [1.807, 2.05) is 32.2 Å². The van der Waals surface area contributed by atoms with Crippen LogP contribution in [0.1, 0.15) is 6.92 Å². The molecule has 2 N–H and O–H groups in total. The molecule has 5 nitrogen and oxygen atoms in total. The molecule has 0 amide bonds. The number of fused-ring (bicyclic) bond motifs is 2. The molecule has 19 heavy (non-hydrogen) atoms. The lowest BCUT2D eigenvalue weighted by Gasteiger charge is -2.21. The first-order valence-corrected chi connectivity index (χ1v) is 6.30. The van der Waals surface area contributed by atoms with Crippen molar-refractivity contribution in [2.45, 2.75) is 13.0 Å². The van der Waals surface area contributed by atoms with Crippen molar-refractivity contribution in [3.05, 3.63) is 24.4 Å². The summed E-state index contributed by atoms with van der Waals surface area (Å²) in [4.78, 5) is 6.52. The van der Waals surface area contributed by atoms with Gasteiger partial charge in [-0.1, -0.05) is 0 Å². The Balaban J connectivity index is 2.09. The summed E-state index contributed by atoms with van der Waals surface area (Å²) < 4.78 is 10.8. The predicted octanol–water partition coefficient (Wildman–Crippen LogP) is 1.75. The average molecular weight is 259 g/mol. The lowest BCUT2D eigenvalue weighted by molar-refractivity contribution is 0.174. The van der Waals surface area contributed by atoms with Crippen molar-refractivity contribution in [2.75, 3.05) is 25.3 Å². The highest BCUT2D eigenvalue weighted by atomic mass is 16.7. The van der Waals surface area contributed by atoms with E-state index < -0.39 is 0 Å². The number of benzene rings is 1. The summed E-state index contributed by atoms with van der Waals surface area (Å²) in [7, 11) is 2.00. The monoisotopic (exact) mass is 259 g/mol. The Labute approximate surface area is 111 Å². The number of hydrogen-bond donors (Lipinski definition) is 1. The maximum Gasteiger partial charge on any atom is 0.231 e. The van der Waals surface area contributed by atoms with Gasteiger partial charge in [-0.05, 0) is 30.5 Å². The summed E-state index contributed by atoms with van der Waals surface area (Å²) >= 11 is 0. The molecule has 1 aliphatic rings. The minimum atomic E-state index is 0.0936. The van der Waals surface area contributed by atoms with E-state index in [0.29, 0.717) is 0 Å². The van der Waals surface area contributed by atoms with Crippen molar-refractivity contribution in [3.8, 4) is 11.5 Å². The molecule has 0 spiro atoms. The average Bonchev–Trinajstić information content (AvgIpc) is 2.81. The van der Waals surface area contributed by atoms with Gasteiger partial charge in [0.05, 0.1) is 0 Å². The standard InChI is InChI=1S/C14H17N3O2/c1-9(15)7-17(2)14-11-6-13-12(18-8-19-13)5-10(11)3-4-16-14/h3-6,9H,7-8,15H2,1-2H3. The highest BCUT2D eigenvalue weighted by Gasteiger charge is 2.17. The molecular weight excluding hydrogens is 242 g/mol. The second-order valence-corrected chi connectivity index (χ2v) is 4.92. The molecular formula is C14H17N3O2. The first kappa shape index (κ1) is 12.0. The number of ether oxygens (including phenoxy) is 2. The van der Waals surface area contributed by atoms with Crippen molar-refractivity contribution in [2.24, 2.45) is 5.73 Å². The van der Waals surface area contributed by atoms with Gasteiger partial charge in [-0.3, -0.25) is 0 Å². The van der Waals surface area contributed by atoms with Crippen molar-refractivity contribution in [1.29, 1.82) is 0 Å². The molecule has 1 aliphatic heterocycles. The van der Waals surface area contributed by atoms with Gasteiger partial charge in [-0.2, -0.15) is 0 Å². The lowest BCUT2D eigenvalue weighted by Crippen LogP contribution is -2.33. The van der Waals surface area contributed by atoms with E-state index in [1.165, 1.54) is 0 Å². The molecule has 5 heteroatoms. The summed E-state index contributed by atoms with van der Waals surface area (Å²) in [6.07, 6.45) is 1.80. The van der Waals surface area contributed by atoms with Gasteiger partial charge in [0.1, 0.15) is 5.82 Å². The van der Waals surface area contributed by atoms with Crippen molar-refractivity contribution in [1.82, 2.24) is 4.98 Å². The highest BCUT2D eigenvalue weighted by molar-refractivity contribution is 5.94. The molecule has 0 saturated carbocycles. The van der Waals surface area contributed by atoms with E-state index in [0.717, 1.165) is 34.6 Å². The number of rotatable bonds is 3. The van der Waals surface area contributed by atoms with E-state index in [-0.39, 0.29) is 12.8 Å². The second-order valence-electron chi connectivity index (χ2n) is 4.92. The molecule has 0 bridgehead atoms. The van der Waals surface area contributed by atoms with Crippen LogP contribution in [0.5, 0.6) is 11.5 Å². The van der Waals surface area contributed by atoms with Crippen molar-refractivity contribution in [3.63, 3.8) is 0 Å². The van der Waals surface area contributed by atoms with E-state index in [2.05, 4.69) is 9.88 Å². The topological polar surface area (TPSA) is 60.6 Å². The Morgan fingerprint density at radius 1 is 1.37 bits per heavy atom. The number of pyridine rings is 1. The Morgan fingerprint density at radius 2 is 2.11 bits per heavy atom. The number of aromatic nitrogens is 1. The minimum absolute atomic E-state index is 0.0936. The lowest BCUT2D eigenvalue weighted by atomic mass is 10.1. The van der Waals surface area contributed by atoms with Crippen LogP contribution in [-0.4, -0.2) is 31.4 Å². The van der Waals surface area contributed by atoms with Crippen LogP contribution in [0.25, 0.3) is 10.8 Å². The molecule has 1 aromatic heterocycles. The maximum absolute atomic E-state index is 5.85. The molecule has 100 valence electrons. The quantitative estimate of drug-likeness (QED) is 0.910. The van der Waals surface area contributed by atoms with Crippen LogP contribution in [-0.2, 0) is 0 Å². The molecule has 3 rings (SSSR count). The van der Waals surface area contributed by atoms with E-state index >= 15 is 0 Å². The maximum atomic E-state index is 5.85. The zero-order chi connectivity index (χ0) is 13.4. The number of nitrogens with two attached hydrogens (primary N) is 1. The first-order chi connectivity index (χ1) is 9.15. The van der Waals surface area contributed by atoms with Gasteiger partial charge in [-0.25, -0.2) is 4.98 Å². The molecule has 1 aromatic carbocycles. The summed E-state index contributed by atoms with van der Waals surface area (Å²) in [6.45, 7) is 3.01. The zero-order valence-electron chi connectivity index (χ0n) is 11.1. The zero-order valence-corrected chi connectivity index (χ0v) is 11.1. The third kappa shape index (κ3) is 2.17. The molecule has 0 radical (unpaired) electrons. The van der Waals surface area contributed by atoms with Crippen LogP contribution < -0.4 is 20.1 Å². The van der Waals surface area contributed by atoms with Crippen LogP contribution in [0.15, 0.2) is 24.4 Å². The van der Waals surface area contributed by atoms with Crippen LogP contribution in [0.2, 0.25) is 0 Å². The first-order valence-electron chi connectivity index (χ1n) is 6.30. The van der Waals surface area contributed by atoms with Gasteiger partial charge >= 0.3 is 0 Å².